The summed E-state index contributed by atoms with van der Waals surface area (Å²) in [5.74, 6) is -0.532. The molecular weight excluding hydrogens is 271 g/mol. The summed E-state index contributed by atoms with van der Waals surface area (Å²) in [5.41, 5.74) is -0.115. The largest absolute Gasteiger partial charge is 0.417 e. The third kappa shape index (κ3) is 3.53. The Balaban J connectivity index is 1.99. The summed E-state index contributed by atoms with van der Waals surface area (Å²) in [6.07, 6.45) is -0.657. The number of carbonyl (C=O) groups excluding carboxylic acids is 1. The van der Waals surface area contributed by atoms with Gasteiger partial charge in [0.2, 0.25) is 0 Å². The standard InChI is InChI=1S/C13H10F3N3O/c14-13(15,16)10-1-2-11(18-8-10)12(20)19-7-9-3-5-17-6-4-9/h1-6,8H,7H2,(H,19,20). The summed E-state index contributed by atoms with van der Waals surface area (Å²) in [7, 11) is 0. The molecule has 20 heavy (non-hydrogen) atoms. The molecule has 4 nitrogen and oxygen atoms in total. The zero-order valence-electron chi connectivity index (χ0n) is 10.2. The number of amides is 1. The molecule has 1 amide bonds. The molecule has 0 bridgehead atoms. The van der Waals surface area contributed by atoms with Gasteiger partial charge in [0.1, 0.15) is 5.69 Å². The maximum atomic E-state index is 12.3. The van der Waals surface area contributed by atoms with Gasteiger partial charge in [-0.1, -0.05) is 0 Å². The van der Waals surface area contributed by atoms with Crippen LogP contribution in [-0.2, 0) is 12.7 Å². The lowest BCUT2D eigenvalue weighted by Gasteiger charge is -2.07. The average molecular weight is 281 g/mol. The van der Waals surface area contributed by atoms with Gasteiger partial charge in [-0.15, -0.1) is 0 Å². The van der Waals surface area contributed by atoms with Gasteiger partial charge in [-0.3, -0.25) is 14.8 Å². The molecule has 7 heteroatoms. The van der Waals surface area contributed by atoms with Crippen molar-refractivity contribution in [2.75, 3.05) is 0 Å². The molecule has 2 aromatic heterocycles. The first-order chi connectivity index (χ1) is 9.47. The minimum atomic E-state index is -4.46. The third-order valence-electron chi connectivity index (χ3n) is 2.53. The van der Waals surface area contributed by atoms with Gasteiger partial charge >= 0.3 is 6.18 Å². The van der Waals surface area contributed by atoms with Crippen LogP contribution >= 0.6 is 0 Å². The fourth-order valence-electron chi connectivity index (χ4n) is 1.47. The van der Waals surface area contributed by atoms with E-state index in [1.54, 1.807) is 24.5 Å². The van der Waals surface area contributed by atoms with Gasteiger partial charge in [0.25, 0.3) is 5.91 Å². The van der Waals surface area contributed by atoms with E-state index in [0.717, 1.165) is 17.7 Å². The first kappa shape index (κ1) is 14.0. The van der Waals surface area contributed by atoms with E-state index in [4.69, 9.17) is 0 Å². The van der Waals surface area contributed by atoms with Gasteiger partial charge < -0.3 is 5.32 Å². The zero-order chi connectivity index (χ0) is 14.6. The summed E-state index contributed by atoms with van der Waals surface area (Å²) < 4.78 is 37.0. The molecular formula is C13H10F3N3O. The van der Waals surface area contributed by atoms with Gasteiger partial charge in [0.15, 0.2) is 0 Å². The molecule has 0 saturated heterocycles. The van der Waals surface area contributed by atoms with E-state index in [9.17, 15) is 18.0 Å². The second-order valence-electron chi connectivity index (χ2n) is 3.97. The molecule has 2 rings (SSSR count). The lowest BCUT2D eigenvalue weighted by atomic mass is 10.2. The molecule has 2 heterocycles. The van der Waals surface area contributed by atoms with Gasteiger partial charge in [0, 0.05) is 25.1 Å². The van der Waals surface area contributed by atoms with Crippen LogP contribution in [0.4, 0.5) is 13.2 Å². The van der Waals surface area contributed by atoms with Crippen molar-refractivity contribution >= 4 is 5.91 Å². The molecule has 0 unspecified atom stereocenters. The minimum Gasteiger partial charge on any atom is -0.347 e. The Morgan fingerprint density at radius 1 is 1.15 bits per heavy atom. The molecule has 0 aromatic carbocycles. The number of alkyl halides is 3. The van der Waals surface area contributed by atoms with E-state index < -0.39 is 17.6 Å². The van der Waals surface area contributed by atoms with Crippen molar-refractivity contribution in [2.24, 2.45) is 0 Å². The highest BCUT2D eigenvalue weighted by Crippen LogP contribution is 2.28. The summed E-state index contributed by atoms with van der Waals surface area (Å²) in [4.78, 5) is 19.1. The normalized spacial score (nSPS) is 11.2. The first-order valence-electron chi connectivity index (χ1n) is 5.67. The molecule has 2 aromatic rings. The minimum absolute atomic E-state index is 0.0629. The Hall–Kier alpha value is -2.44. The number of hydrogen-bond acceptors (Lipinski definition) is 3. The Kier molecular flexibility index (Phi) is 3.97. The van der Waals surface area contributed by atoms with Crippen LogP contribution in [0.2, 0.25) is 0 Å². The lowest BCUT2D eigenvalue weighted by molar-refractivity contribution is -0.137. The molecule has 0 aliphatic heterocycles. The molecule has 0 radical (unpaired) electrons. The molecule has 0 aliphatic rings. The fourth-order valence-corrected chi connectivity index (χ4v) is 1.47. The topological polar surface area (TPSA) is 54.9 Å². The molecule has 0 fully saturated rings. The Labute approximate surface area is 112 Å². The van der Waals surface area contributed by atoms with Crippen LogP contribution in [0.15, 0.2) is 42.9 Å². The molecule has 0 atom stereocenters. The second kappa shape index (κ2) is 5.68. The van der Waals surface area contributed by atoms with Crippen LogP contribution in [0.1, 0.15) is 21.6 Å². The van der Waals surface area contributed by atoms with Crippen molar-refractivity contribution in [1.82, 2.24) is 15.3 Å². The van der Waals surface area contributed by atoms with E-state index in [1.165, 1.54) is 0 Å². The van der Waals surface area contributed by atoms with E-state index >= 15 is 0 Å². The van der Waals surface area contributed by atoms with Gasteiger partial charge in [-0.05, 0) is 29.8 Å². The lowest BCUT2D eigenvalue weighted by Crippen LogP contribution is -2.24. The van der Waals surface area contributed by atoms with Crippen molar-refractivity contribution in [3.63, 3.8) is 0 Å². The Morgan fingerprint density at radius 3 is 2.40 bits per heavy atom. The molecule has 104 valence electrons. The number of hydrogen-bond donors (Lipinski definition) is 1. The highest BCUT2D eigenvalue weighted by molar-refractivity contribution is 5.92. The number of nitrogens with zero attached hydrogens (tertiary/aromatic N) is 2. The Morgan fingerprint density at radius 2 is 1.85 bits per heavy atom. The maximum absolute atomic E-state index is 12.3. The number of carbonyl (C=O) groups is 1. The summed E-state index contributed by atoms with van der Waals surface area (Å²) in [5, 5.41) is 2.56. The van der Waals surface area contributed by atoms with Crippen LogP contribution in [0.25, 0.3) is 0 Å². The zero-order valence-corrected chi connectivity index (χ0v) is 10.2. The van der Waals surface area contributed by atoms with Gasteiger partial charge in [0.05, 0.1) is 5.56 Å². The Bertz CT molecular complexity index is 582. The quantitative estimate of drug-likeness (QED) is 0.940. The van der Waals surface area contributed by atoms with Crippen molar-refractivity contribution in [3.05, 3.63) is 59.7 Å². The van der Waals surface area contributed by atoms with E-state index in [2.05, 4.69) is 15.3 Å². The first-order valence-corrected chi connectivity index (χ1v) is 5.67. The molecule has 0 spiro atoms. The maximum Gasteiger partial charge on any atom is 0.417 e. The number of aromatic nitrogens is 2. The second-order valence-corrected chi connectivity index (χ2v) is 3.97. The predicted molar refractivity (Wildman–Crippen MR) is 64.6 cm³/mol. The van der Waals surface area contributed by atoms with Crippen molar-refractivity contribution in [1.29, 1.82) is 0 Å². The number of rotatable bonds is 3. The number of halogens is 3. The van der Waals surface area contributed by atoms with Crippen LogP contribution in [0.5, 0.6) is 0 Å². The van der Waals surface area contributed by atoms with Crippen LogP contribution in [0.3, 0.4) is 0 Å². The monoisotopic (exact) mass is 281 g/mol. The predicted octanol–water partition coefficient (Wildman–Crippen LogP) is 2.43. The van der Waals surface area contributed by atoms with E-state index in [-0.39, 0.29) is 12.2 Å². The number of nitrogens with one attached hydrogen (secondary N) is 1. The van der Waals surface area contributed by atoms with Crippen molar-refractivity contribution in [2.45, 2.75) is 12.7 Å². The van der Waals surface area contributed by atoms with E-state index in [1.807, 2.05) is 0 Å². The van der Waals surface area contributed by atoms with Gasteiger partial charge in [-0.2, -0.15) is 13.2 Å². The molecule has 0 aliphatic carbocycles. The van der Waals surface area contributed by atoms with Crippen molar-refractivity contribution in [3.8, 4) is 0 Å². The van der Waals surface area contributed by atoms with E-state index in [0.29, 0.717) is 6.20 Å². The summed E-state index contributed by atoms with van der Waals surface area (Å²) in [6, 6.07) is 5.32. The fraction of sp³-hybridized carbons (Fsp3) is 0.154. The van der Waals surface area contributed by atoms with Crippen LogP contribution < -0.4 is 5.32 Å². The van der Waals surface area contributed by atoms with Gasteiger partial charge in [-0.25, -0.2) is 0 Å². The number of pyridine rings is 2. The van der Waals surface area contributed by atoms with Crippen LogP contribution in [0, 0.1) is 0 Å². The average Bonchev–Trinajstić information content (AvgIpc) is 2.45. The highest BCUT2D eigenvalue weighted by Gasteiger charge is 2.30. The smallest absolute Gasteiger partial charge is 0.347 e. The molecule has 1 N–H and O–H groups in total. The third-order valence-corrected chi connectivity index (χ3v) is 2.53. The van der Waals surface area contributed by atoms with Crippen molar-refractivity contribution < 1.29 is 18.0 Å². The van der Waals surface area contributed by atoms with Crippen LogP contribution in [-0.4, -0.2) is 15.9 Å². The highest BCUT2D eigenvalue weighted by atomic mass is 19.4. The summed E-state index contributed by atoms with van der Waals surface area (Å²) in [6.45, 7) is 0.254. The SMILES string of the molecule is O=C(NCc1ccncc1)c1ccc(C(F)(F)F)cn1. The molecule has 0 saturated carbocycles. The summed E-state index contributed by atoms with van der Waals surface area (Å²) >= 11 is 0.